The molecule has 5 nitrogen and oxygen atoms in total. The SMILES string of the molecule is NC(=O)C1CCN(C(=O)CCC2CCCC(N)C2)CC1. The van der Waals surface area contributed by atoms with Gasteiger partial charge in [0.25, 0.3) is 0 Å². The van der Waals surface area contributed by atoms with Crippen LogP contribution in [0.3, 0.4) is 0 Å². The highest BCUT2D eigenvalue weighted by atomic mass is 16.2. The summed E-state index contributed by atoms with van der Waals surface area (Å²) in [4.78, 5) is 25.2. The first-order valence-electron chi connectivity index (χ1n) is 7.89. The van der Waals surface area contributed by atoms with E-state index in [-0.39, 0.29) is 17.7 Å². The van der Waals surface area contributed by atoms with Gasteiger partial charge in [0.05, 0.1) is 0 Å². The number of piperidine rings is 1. The first-order chi connectivity index (χ1) is 9.56. The third-order valence-corrected chi connectivity index (χ3v) is 4.84. The monoisotopic (exact) mass is 281 g/mol. The summed E-state index contributed by atoms with van der Waals surface area (Å²) in [6, 6.07) is 0.329. The number of amides is 2. The van der Waals surface area contributed by atoms with E-state index in [4.69, 9.17) is 11.5 Å². The average molecular weight is 281 g/mol. The molecular weight excluding hydrogens is 254 g/mol. The Bertz CT molecular complexity index is 351. The quantitative estimate of drug-likeness (QED) is 0.806. The number of carbonyl (C=O) groups is 2. The second kappa shape index (κ2) is 7.07. The molecule has 1 aliphatic carbocycles. The molecule has 2 unspecified atom stereocenters. The lowest BCUT2D eigenvalue weighted by Crippen LogP contribution is -2.41. The van der Waals surface area contributed by atoms with Crippen LogP contribution in [-0.2, 0) is 9.59 Å². The van der Waals surface area contributed by atoms with Crippen LogP contribution in [0.15, 0.2) is 0 Å². The highest BCUT2D eigenvalue weighted by Crippen LogP contribution is 2.27. The summed E-state index contributed by atoms with van der Waals surface area (Å²) in [5.74, 6) is 0.571. The van der Waals surface area contributed by atoms with E-state index >= 15 is 0 Å². The second-order valence-electron chi connectivity index (χ2n) is 6.39. The van der Waals surface area contributed by atoms with Gasteiger partial charge in [-0.2, -0.15) is 0 Å². The van der Waals surface area contributed by atoms with Crippen LogP contribution in [0.5, 0.6) is 0 Å². The van der Waals surface area contributed by atoms with Gasteiger partial charge < -0.3 is 16.4 Å². The lowest BCUT2D eigenvalue weighted by atomic mass is 9.83. The number of carbonyl (C=O) groups excluding carboxylic acids is 2. The minimum absolute atomic E-state index is 0.0459. The first-order valence-corrected chi connectivity index (χ1v) is 7.89. The summed E-state index contributed by atoms with van der Waals surface area (Å²) in [7, 11) is 0. The molecule has 1 heterocycles. The van der Waals surface area contributed by atoms with E-state index in [0.717, 1.165) is 32.1 Å². The van der Waals surface area contributed by atoms with Crippen LogP contribution >= 0.6 is 0 Å². The Balaban J connectivity index is 1.69. The van der Waals surface area contributed by atoms with E-state index in [2.05, 4.69) is 0 Å². The highest BCUT2D eigenvalue weighted by molar-refractivity contribution is 5.78. The van der Waals surface area contributed by atoms with E-state index in [9.17, 15) is 9.59 Å². The number of primary amides is 1. The van der Waals surface area contributed by atoms with Crippen molar-refractivity contribution in [2.75, 3.05) is 13.1 Å². The van der Waals surface area contributed by atoms with E-state index < -0.39 is 0 Å². The smallest absolute Gasteiger partial charge is 0.222 e. The van der Waals surface area contributed by atoms with Crippen molar-refractivity contribution in [3.63, 3.8) is 0 Å². The van der Waals surface area contributed by atoms with E-state index in [0.29, 0.717) is 31.5 Å². The minimum Gasteiger partial charge on any atom is -0.369 e. The Hall–Kier alpha value is -1.10. The van der Waals surface area contributed by atoms with Gasteiger partial charge in [0.1, 0.15) is 0 Å². The predicted octanol–water partition coefficient (Wildman–Crippen LogP) is 1.01. The molecule has 0 bridgehead atoms. The Morgan fingerprint density at radius 3 is 2.40 bits per heavy atom. The van der Waals surface area contributed by atoms with Gasteiger partial charge in [-0.3, -0.25) is 9.59 Å². The number of nitrogens with two attached hydrogens (primary N) is 2. The summed E-state index contributed by atoms with van der Waals surface area (Å²) < 4.78 is 0. The van der Waals surface area contributed by atoms with Gasteiger partial charge in [0, 0.05) is 31.5 Å². The molecule has 2 fully saturated rings. The van der Waals surface area contributed by atoms with E-state index in [1.807, 2.05) is 4.90 Å². The van der Waals surface area contributed by atoms with Gasteiger partial charge in [-0.05, 0) is 38.0 Å². The normalized spacial score (nSPS) is 28.4. The van der Waals surface area contributed by atoms with Crippen molar-refractivity contribution in [1.29, 1.82) is 0 Å². The van der Waals surface area contributed by atoms with Crippen molar-refractivity contribution in [3.05, 3.63) is 0 Å². The van der Waals surface area contributed by atoms with Crippen molar-refractivity contribution >= 4 is 11.8 Å². The summed E-state index contributed by atoms with van der Waals surface area (Å²) in [6.45, 7) is 1.35. The number of hydrogen-bond acceptors (Lipinski definition) is 3. The van der Waals surface area contributed by atoms with Crippen LogP contribution in [0.4, 0.5) is 0 Å². The van der Waals surface area contributed by atoms with Crippen LogP contribution in [0.25, 0.3) is 0 Å². The molecule has 5 heteroatoms. The van der Waals surface area contributed by atoms with Crippen LogP contribution < -0.4 is 11.5 Å². The number of hydrogen-bond donors (Lipinski definition) is 2. The molecule has 114 valence electrons. The Labute approximate surface area is 121 Å². The van der Waals surface area contributed by atoms with Gasteiger partial charge in [0.2, 0.25) is 11.8 Å². The zero-order valence-corrected chi connectivity index (χ0v) is 12.2. The molecule has 2 aliphatic rings. The lowest BCUT2D eigenvalue weighted by molar-refractivity contribution is -0.135. The Morgan fingerprint density at radius 2 is 1.80 bits per heavy atom. The lowest BCUT2D eigenvalue weighted by Gasteiger charge is -2.31. The van der Waals surface area contributed by atoms with Crippen LogP contribution in [0, 0.1) is 11.8 Å². The maximum atomic E-state index is 12.2. The van der Waals surface area contributed by atoms with Crippen LogP contribution in [0.1, 0.15) is 51.4 Å². The molecule has 0 aromatic carbocycles. The van der Waals surface area contributed by atoms with Crippen LogP contribution in [-0.4, -0.2) is 35.8 Å². The van der Waals surface area contributed by atoms with Crippen molar-refractivity contribution in [1.82, 2.24) is 4.90 Å². The van der Waals surface area contributed by atoms with Crippen molar-refractivity contribution in [2.45, 2.75) is 57.4 Å². The van der Waals surface area contributed by atoms with Crippen LogP contribution in [0.2, 0.25) is 0 Å². The minimum atomic E-state index is -0.228. The van der Waals surface area contributed by atoms with Gasteiger partial charge >= 0.3 is 0 Å². The first kappa shape index (κ1) is 15.3. The Kier molecular flexibility index (Phi) is 5.40. The number of nitrogens with zero attached hydrogens (tertiary/aromatic N) is 1. The summed E-state index contributed by atoms with van der Waals surface area (Å²) >= 11 is 0. The molecule has 2 amide bonds. The third kappa shape index (κ3) is 4.20. The molecule has 0 aromatic rings. The molecule has 1 saturated heterocycles. The van der Waals surface area contributed by atoms with Gasteiger partial charge in [-0.15, -0.1) is 0 Å². The van der Waals surface area contributed by atoms with Gasteiger partial charge in [-0.1, -0.05) is 12.8 Å². The average Bonchev–Trinajstić information content (AvgIpc) is 2.45. The second-order valence-corrected chi connectivity index (χ2v) is 6.39. The maximum absolute atomic E-state index is 12.2. The fourth-order valence-electron chi connectivity index (χ4n) is 3.49. The van der Waals surface area contributed by atoms with E-state index in [1.165, 1.54) is 12.8 Å². The maximum Gasteiger partial charge on any atom is 0.222 e. The van der Waals surface area contributed by atoms with E-state index in [1.54, 1.807) is 0 Å². The van der Waals surface area contributed by atoms with Gasteiger partial charge in [-0.25, -0.2) is 0 Å². The fraction of sp³-hybridized carbons (Fsp3) is 0.867. The molecule has 2 rings (SSSR count). The predicted molar refractivity (Wildman–Crippen MR) is 77.7 cm³/mol. The zero-order valence-electron chi connectivity index (χ0n) is 12.2. The van der Waals surface area contributed by atoms with Crippen molar-refractivity contribution in [3.8, 4) is 0 Å². The summed E-state index contributed by atoms with van der Waals surface area (Å²) in [5.41, 5.74) is 11.3. The topological polar surface area (TPSA) is 89.4 Å². The van der Waals surface area contributed by atoms with Gasteiger partial charge in [0.15, 0.2) is 0 Å². The molecule has 0 spiro atoms. The summed E-state index contributed by atoms with van der Waals surface area (Å²) in [5, 5.41) is 0. The molecule has 1 aliphatic heterocycles. The highest BCUT2D eigenvalue weighted by Gasteiger charge is 2.26. The molecule has 4 N–H and O–H groups in total. The molecule has 2 atom stereocenters. The molecule has 1 saturated carbocycles. The largest absolute Gasteiger partial charge is 0.369 e. The molecule has 0 aromatic heterocycles. The zero-order chi connectivity index (χ0) is 14.5. The molecule has 20 heavy (non-hydrogen) atoms. The Morgan fingerprint density at radius 1 is 1.10 bits per heavy atom. The number of likely N-dealkylation sites (tertiary alicyclic amines) is 1. The fourth-order valence-corrected chi connectivity index (χ4v) is 3.49. The molecule has 0 radical (unpaired) electrons. The van der Waals surface area contributed by atoms with Crippen molar-refractivity contribution in [2.24, 2.45) is 23.3 Å². The third-order valence-electron chi connectivity index (χ3n) is 4.84. The molecular formula is C15H27N3O2. The number of rotatable bonds is 4. The standard InChI is InChI=1S/C15H27N3O2/c16-13-3-1-2-11(10-13)4-5-14(19)18-8-6-12(7-9-18)15(17)20/h11-13H,1-10,16H2,(H2,17,20). The van der Waals surface area contributed by atoms with Crippen molar-refractivity contribution < 1.29 is 9.59 Å². The summed E-state index contributed by atoms with van der Waals surface area (Å²) in [6.07, 6.45) is 7.63.